The highest BCUT2D eigenvalue weighted by Gasteiger charge is 2.17. The first-order valence-corrected chi connectivity index (χ1v) is 4.42. The van der Waals surface area contributed by atoms with Crippen molar-refractivity contribution in [3.05, 3.63) is 42.3 Å². The van der Waals surface area contributed by atoms with Gasteiger partial charge in [-0.05, 0) is 24.8 Å². The molecule has 63 valence electrons. The molecule has 12 heavy (non-hydrogen) atoms. The van der Waals surface area contributed by atoms with Crippen LogP contribution in [0.25, 0.3) is 0 Å². The number of rotatable bonds is 3. The van der Waals surface area contributed by atoms with Crippen LogP contribution < -0.4 is 0 Å². The quantitative estimate of drug-likeness (QED) is 0.662. The van der Waals surface area contributed by atoms with Gasteiger partial charge in [0.05, 0.1) is 12.7 Å². The number of benzene rings is 1. The molecule has 2 rings (SSSR count). The normalized spacial score (nSPS) is 17.3. The lowest BCUT2D eigenvalue weighted by atomic mass is 9.96. The molecule has 0 saturated heterocycles. The van der Waals surface area contributed by atoms with E-state index in [2.05, 4.69) is 18.6 Å². The zero-order valence-electron chi connectivity index (χ0n) is 7.07. The van der Waals surface area contributed by atoms with Crippen LogP contribution in [0.5, 0.6) is 0 Å². The molecular formula is C11H13O. The summed E-state index contributed by atoms with van der Waals surface area (Å²) < 4.78 is 5.63. The summed E-state index contributed by atoms with van der Waals surface area (Å²) in [5.41, 5.74) is 1.27. The monoisotopic (exact) mass is 161 g/mol. The van der Waals surface area contributed by atoms with Crippen molar-refractivity contribution in [2.24, 2.45) is 0 Å². The van der Waals surface area contributed by atoms with Crippen molar-refractivity contribution in [1.82, 2.24) is 0 Å². The third kappa shape index (κ3) is 1.86. The summed E-state index contributed by atoms with van der Waals surface area (Å²) in [7, 11) is 0. The van der Waals surface area contributed by atoms with E-state index >= 15 is 0 Å². The Morgan fingerprint density at radius 1 is 1.17 bits per heavy atom. The van der Waals surface area contributed by atoms with Gasteiger partial charge in [0.15, 0.2) is 0 Å². The summed E-state index contributed by atoms with van der Waals surface area (Å²) in [6.45, 7) is 0.763. The highest BCUT2D eigenvalue weighted by molar-refractivity contribution is 5.13. The van der Waals surface area contributed by atoms with E-state index in [1.165, 1.54) is 5.56 Å². The summed E-state index contributed by atoms with van der Waals surface area (Å²) in [6, 6.07) is 10.3. The van der Waals surface area contributed by atoms with E-state index in [9.17, 15) is 0 Å². The van der Waals surface area contributed by atoms with Crippen molar-refractivity contribution in [2.75, 3.05) is 0 Å². The maximum absolute atomic E-state index is 5.63. The van der Waals surface area contributed by atoms with E-state index in [0.29, 0.717) is 6.10 Å². The maximum atomic E-state index is 5.63. The number of ether oxygens (including phenoxy) is 1. The molecule has 1 heteroatoms. The van der Waals surface area contributed by atoms with Gasteiger partial charge in [-0.25, -0.2) is 0 Å². The smallest absolute Gasteiger partial charge is 0.0720 e. The standard InChI is InChI=1S/C11H13O/c1-2-5-10(6-3-1)9-12-11-7-4-8-11/h1-6,11H,7-9H2. The first-order chi connectivity index (χ1) is 5.95. The zero-order chi connectivity index (χ0) is 8.23. The molecule has 0 aromatic heterocycles. The van der Waals surface area contributed by atoms with E-state index < -0.39 is 0 Å². The molecule has 0 atom stereocenters. The average molecular weight is 161 g/mol. The Balaban J connectivity index is 1.79. The van der Waals surface area contributed by atoms with Gasteiger partial charge in [0.1, 0.15) is 0 Å². The zero-order valence-corrected chi connectivity index (χ0v) is 7.07. The van der Waals surface area contributed by atoms with Crippen LogP contribution in [0.4, 0.5) is 0 Å². The summed E-state index contributed by atoms with van der Waals surface area (Å²) in [5.74, 6) is 0. The SMILES string of the molecule is [CH]1CC(OCc2ccccc2)C1. The molecule has 1 aromatic carbocycles. The van der Waals surface area contributed by atoms with Crippen LogP contribution in [-0.2, 0) is 11.3 Å². The molecule has 1 aromatic rings. The lowest BCUT2D eigenvalue weighted by Crippen LogP contribution is -2.21. The lowest BCUT2D eigenvalue weighted by molar-refractivity contribution is 0.0140. The number of hydrogen-bond donors (Lipinski definition) is 0. The second kappa shape index (κ2) is 3.72. The molecule has 0 heterocycles. The third-order valence-electron chi connectivity index (χ3n) is 2.19. The summed E-state index contributed by atoms with van der Waals surface area (Å²) >= 11 is 0. The minimum absolute atomic E-state index is 0.491. The molecule has 1 nitrogen and oxygen atoms in total. The Hall–Kier alpha value is -0.820. The van der Waals surface area contributed by atoms with Crippen LogP contribution in [0.2, 0.25) is 0 Å². The fourth-order valence-corrected chi connectivity index (χ4v) is 1.23. The first-order valence-electron chi connectivity index (χ1n) is 4.42. The highest BCUT2D eigenvalue weighted by atomic mass is 16.5. The molecule has 1 fully saturated rings. The lowest BCUT2D eigenvalue weighted by Gasteiger charge is -2.25. The van der Waals surface area contributed by atoms with Gasteiger partial charge in [0.2, 0.25) is 0 Å². The second-order valence-electron chi connectivity index (χ2n) is 3.18. The van der Waals surface area contributed by atoms with Gasteiger partial charge < -0.3 is 4.74 Å². The van der Waals surface area contributed by atoms with Crippen molar-refractivity contribution < 1.29 is 4.74 Å². The topological polar surface area (TPSA) is 9.23 Å². The summed E-state index contributed by atoms with van der Waals surface area (Å²) in [4.78, 5) is 0. The third-order valence-corrected chi connectivity index (χ3v) is 2.19. The molecule has 0 amide bonds. The Kier molecular flexibility index (Phi) is 2.42. The molecule has 1 aliphatic rings. The summed E-state index contributed by atoms with van der Waals surface area (Å²) in [6.07, 6.45) is 5.01. The van der Waals surface area contributed by atoms with Gasteiger partial charge in [0.25, 0.3) is 0 Å². The molecular weight excluding hydrogens is 148 g/mol. The van der Waals surface area contributed by atoms with Crippen LogP contribution in [-0.4, -0.2) is 6.10 Å². The van der Waals surface area contributed by atoms with E-state index in [4.69, 9.17) is 4.74 Å². The van der Waals surface area contributed by atoms with Crippen LogP contribution in [0.15, 0.2) is 30.3 Å². The van der Waals surface area contributed by atoms with Gasteiger partial charge >= 0.3 is 0 Å². The van der Waals surface area contributed by atoms with Crippen molar-refractivity contribution >= 4 is 0 Å². The summed E-state index contributed by atoms with van der Waals surface area (Å²) in [5, 5.41) is 0. The van der Waals surface area contributed by atoms with Gasteiger partial charge in [-0.1, -0.05) is 30.3 Å². The van der Waals surface area contributed by atoms with Crippen LogP contribution in [0.3, 0.4) is 0 Å². The first kappa shape index (κ1) is 7.81. The van der Waals surface area contributed by atoms with E-state index in [-0.39, 0.29) is 0 Å². The molecule has 1 radical (unpaired) electrons. The minimum Gasteiger partial charge on any atom is -0.374 e. The predicted octanol–water partition coefficient (Wildman–Crippen LogP) is 2.57. The largest absolute Gasteiger partial charge is 0.374 e. The molecule has 0 spiro atoms. The van der Waals surface area contributed by atoms with E-state index in [1.54, 1.807) is 0 Å². The van der Waals surface area contributed by atoms with Gasteiger partial charge in [0, 0.05) is 0 Å². The van der Waals surface area contributed by atoms with Gasteiger partial charge in [-0.3, -0.25) is 0 Å². The highest BCUT2D eigenvalue weighted by Crippen LogP contribution is 2.21. The molecule has 0 aliphatic heterocycles. The molecule has 1 saturated carbocycles. The average Bonchev–Trinajstić information content (AvgIpc) is 2.04. The fraction of sp³-hybridized carbons (Fsp3) is 0.364. The van der Waals surface area contributed by atoms with Gasteiger partial charge in [-0.2, -0.15) is 0 Å². The second-order valence-corrected chi connectivity index (χ2v) is 3.18. The van der Waals surface area contributed by atoms with Crippen molar-refractivity contribution in [3.63, 3.8) is 0 Å². The Bertz CT molecular complexity index is 226. The van der Waals surface area contributed by atoms with Crippen molar-refractivity contribution in [1.29, 1.82) is 0 Å². The van der Waals surface area contributed by atoms with E-state index in [0.717, 1.165) is 19.4 Å². The van der Waals surface area contributed by atoms with Crippen LogP contribution >= 0.6 is 0 Å². The Labute approximate surface area is 73.4 Å². The van der Waals surface area contributed by atoms with Crippen LogP contribution in [0.1, 0.15) is 18.4 Å². The maximum Gasteiger partial charge on any atom is 0.0720 e. The van der Waals surface area contributed by atoms with Gasteiger partial charge in [-0.15, -0.1) is 0 Å². The predicted molar refractivity (Wildman–Crippen MR) is 48.6 cm³/mol. The number of hydrogen-bond acceptors (Lipinski definition) is 1. The Morgan fingerprint density at radius 3 is 2.50 bits per heavy atom. The van der Waals surface area contributed by atoms with Crippen LogP contribution in [0, 0.1) is 6.42 Å². The molecule has 1 aliphatic carbocycles. The van der Waals surface area contributed by atoms with E-state index in [1.807, 2.05) is 18.2 Å². The molecule has 0 bridgehead atoms. The minimum atomic E-state index is 0.491. The molecule has 0 N–H and O–H groups in total. The Morgan fingerprint density at radius 2 is 1.92 bits per heavy atom. The van der Waals surface area contributed by atoms with Crippen molar-refractivity contribution in [2.45, 2.75) is 25.6 Å². The fourth-order valence-electron chi connectivity index (χ4n) is 1.23. The molecule has 0 unspecified atom stereocenters. The van der Waals surface area contributed by atoms with Crippen molar-refractivity contribution in [3.8, 4) is 0 Å².